The number of rotatable bonds is 4. The smallest absolute Gasteiger partial charge is 0.272 e. The number of nitrogens with two attached hydrogens (primary N) is 1. The first-order valence-electron chi connectivity index (χ1n) is 7.24. The largest absolute Gasteiger partial charge is 0.328 e. The Balaban J connectivity index is 2.21. The van der Waals surface area contributed by atoms with Crippen molar-refractivity contribution < 1.29 is 13.3 Å². The zero-order valence-corrected chi connectivity index (χ0v) is 13.5. The van der Waals surface area contributed by atoms with Crippen LogP contribution in [0.25, 0.3) is 0 Å². The Hall–Kier alpha value is -1.51. The first-order valence-corrected chi connectivity index (χ1v) is 8.68. The lowest BCUT2D eigenvalue weighted by atomic mass is 9.92. The van der Waals surface area contributed by atoms with Crippen LogP contribution >= 0.6 is 0 Å². The molecule has 2 rings (SSSR count). The molecule has 0 amide bonds. The van der Waals surface area contributed by atoms with E-state index in [4.69, 9.17) is 5.73 Å². The minimum absolute atomic E-state index is 0.0615. The quantitative estimate of drug-likeness (QED) is 0.668. The minimum Gasteiger partial charge on any atom is -0.328 e. The summed E-state index contributed by atoms with van der Waals surface area (Å²) in [5, 5.41) is 10.8. The first kappa shape index (κ1) is 16.9. The number of hydrogen-bond donors (Lipinski definition) is 1. The maximum absolute atomic E-state index is 12.6. The number of benzene rings is 1. The molecule has 8 heteroatoms. The van der Waals surface area contributed by atoms with Crippen LogP contribution < -0.4 is 5.73 Å². The van der Waals surface area contributed by atoms with Gasteiger partial charge in [-0.3, -0.25) is 10.1 Å². The summed E-state index contributed by atoms with van der Waals surface area (Å²) in [5.41, 5.74) is 6.14. The molecule has 1 heterocycles. The summed E-state index contributed by atoms with van der Waals surface area (Å²) in [5.74, 6) is 0.338. The monoisotopic (exact) mass is 327 g/mol. The average molecular weight is 327 g/mol. The van der Waals surface area contributed by atoms with Gasteiger partial charge in [-0.05, 0) is 44.7 Å². The van der Waals surface area contributed by atoms with Crippen LogP contribution in [-0.4, -0.2) is 36.8 Å². The van der Waals surface area contributed by atoms with Crippen molar-refractivity contribution in [2.75, 3.05) is 13.1 Å². The van der Waals surface area contributed by atoms with E-state index in [0.717, 1.165) is 12.8 Å². The molecule has 1 atom stereocenters. The highest BCUT2D eigenvalue weighted by Crippen LogP contribution is 2.27. The molecule has 1 saturated heterocycles. The van der Waals surface area contributed by atoms with Crippen molar-refractivity contribution in [3.63, 3.8) is 0 Å². The fraction of sp³-hybridized carbons (Fsp3) is 0.571. The standard InChI is InChI=1S/C14H21N3O4S/c1-10-9-13(3-4-14(10)17(18)19)22(20,21)16-7-5-12(6-8-16)11(2)15/h3-4,9,11-12H,5-8,15H2,1-2H3. The third-order valence-electron chi connectivity index (χ3n) is 4.24. The molecule has 0 radical (unpaired) electrons. The lowest BCUT2D eigenvalue weighted by Gasteiger charge is -2.32. The summed E-state index contributed by atoms with van der Waals surface area (Å²) < 4.78 is 26.7. The third kappa shape index (κ3) is 3.29. The maximum atomic E-state index is 12.6. The Kier molecular flexibility index (Phi) is 4.84. The maximum Gasteiger partial charge on any atom is 0.272 e. The van der Waals surface area contributed by atoms with Crippen molar-refractivity contribution >= 4 is 15.7 Å². The predicted octanol–water partition coefficient (Wildman–Crippen LogP) is 1.65. The van der Waals surface area contributed by atoms with Gasteiger partial charge in [-0.1, -0.05) is 0 Å². The van der Waals surface area contributed by atoms with Gasteiger partial charge in [0.15, 0.2) is 0 Å². The van der Waals surface area contributed by atoms with E-state index in [1.54, 1.807) is 6.92 Å². The number of hydrogen-bond acceptors (Lipinski definition) is 5. The van der Waals surface area contributed by atoms with Crippen LogP contribution in [0.2, 0.25) is 0 Å². The van der Waals surface area contributed by atoms with Gasteiger partial charge in [0.25, 0.3) is 5.69 Å². The van der Waals surface area contributed by atoms with Gasteiger partial charge in [0.05, 0.1) is 9.82 Å². The molecule has 1 aromatic carbocycles. The molecule has 0 spiro atoms. The lowest BCUT2D eigenvalue weighted by molar-refractivity contribution is -0.385. The Labute approximate surface area is 130 Å². The molecule has 7 nitrogen and oxygen atoms in total. The molecular formula is C14H21N3O4S. The SMILES string of the molecule is Cc1cc(S(=O)(=O)N2CCC(C(C)N)CC2)ccc1[N+](=O)[O-]. The van der Waals surface area contributed by atoms with Gasteiger partial charge >= 0.3 is 0 Å². The van der Waals surface area contributed by atoms with Crippen molar-refractivity contribution in [1.82, 2.24) is 4.31 Å². The summed E-state index contributed by atoms with van der Waals surface area (Å²) in [6.45, 7) is 4.35. The summed E-state index contributed by atoms with van der Waals surface area (Å²) in [6, 6.07) is 3.98. The summed E-state index contributed by atoms with van der Waals surface area (Å²) in [7, 11) is -3.61. The van der Waals surface area contributed by atoms with E-state index in [2.05, 4.69) is 0 Å². The van der Waals surface area contributed by atoms with Crippen LogP contribution in [0.3, 0.4) is 0 Å². The average Bonchev–Trinajstić information content (AvgIpc) is 2.46. The predicted molar refractivity (Wildman–Crippen MR) is 83.0 cm³/mol. The van der Waals surface area contributed by atoms with Gasteiger partial charge < -0.3 is 5.73 Å². The molecule has 2 N–H and O–H groups in total. The molecule has 0 aliphatic carbocycles. The van der Waals surface area contributed by atoms with Gasteiger partial charge in [0, 0.05) is 30.8 Å². The number of nitro benzene ring substituents is 1. The normalized spacial score (nSPS) is 19.0. The molecule has 22 heavy (non-hydrogen) atoms. The van der Waals surface area contributed by atoms with Crippen molar-refractivity contribution in [2.45, 2.75) is 37.6 Å². The number of nitrogens with zero attached hydrogens (tertiary/aromatic N) is 2. The summed E-state index contributed by atoms with van der Waals surface area (Å²) in [4.78, 5) is 10.4. The van der Waals surface area contributed by atoms with E-state index in [1.165, 1.54) is 22.5 Å². The van der Waals surface area contributed by atoms with Crippen LogP contribution in [0, 0.1) is 23.0 Å². The van der Waals surface area contributed by atoms with E-state index in [0.29, 0.717) is 24.6 Å². The highest BCUT2D eigenvalue weighted by molar-refractivity contribution is 7.89. The number of aryl methyl sites for hydroxylation is 1. The van der Waals surface area contributed by atoms with E-state index < -0.39 is 14.9 Å². The summed E-state index contributed by atoms with van der Waals surface area (Å²) in [6.07, 6.45) is 1.48. The third-order valence-corrected chi connectivity index (χ3v) is 6.14. The molecule has 0 bridgehead atoms. The Morgan fingerprint density at radius 3 is 2.41 bits per heavy atom. The number of nitro groups is 1. The van der Waals surface area contributed by atoms with E-state index in [-0.39, 0.29) is 16.6 Å². The molecule has 122 valence electrons. The van der Waals surface area contributed by atoms with Crippen LogP contribution in [0.4, 0.5) is 5.69 Å². The molecule has 1 aromatic rings. The molecule has 1 aliphatic rings. The van der Waals surface area contributed by atoms with Crippen LogP contribution in [0.15, 0.2) is 23.1 Å². The Bertz CT molecular complexity index is 665. The second-order valence-corrected chi connectivity index (χ2v) is 7.74. The molecule has 1 fully saturated rings. The van der Waals surface area contributed by atoms with E-state index >= 15 is 0 Å². The van der Waals surface area contributed by atoms with Crippen LogP contribution in [-0.2, 0) is 10.0 Å². The first-order chi connectivity index (χ1) is 10.2. The fourth-order valence-corrected chi connectivity index (χ4v) is 4.34. The molecule has 0 aromatic heterocycles. The van der Waals surface area contributed by atoms with Crippen LogP contribution in [0.1, 0.15) is 25.3 Å². The van der Waals surface area contributed by atoms with E-state index in [9.17, 15) is 18.5 Å². The zero-order chi connectivity index (χ0) is 16.5. The lowest BCUT2D eigenvalue weighted by Crippen LogP contribution is -2.42. The molecule has 1 unspecified atom stereocenters. The van der Waals surface area contributed by atoms with Gasteiger partial charge in [-0.25, -0.2) is 8.42 Å². The van der Waals surface area contributed by atoms with Gasteiger partial charge in [-0.2, -0.15) is 4.31 Å². The summed E-state index contributed by atoms with van der Waals surface area (Å²) >= 11 is 0. The molecule has 0 saturated carbocycles. The Morgan fingerprint density at radius 2 is 1.95 bits per heavy atom. The van der Waals surface area contributed by atoms with Crippen LogP contribution in [0.5, 0.6) is 0 Å². The highest BCUT2D eigenvalue weighted by atomic mass is 32.2. The van der Waals surface area contributed by atoms with Crippen molar-refractivity contribution in [3.8, 4) is 0 Å². The van der Waals surface area contributed by atoms with Crippen molar-refractivity contribution in [2.24, 2.45) is 11.7 Å². The minimum atomic E-state index is -3.61. The fourth-order valence-electron chi connectivity index (χ4n) is 2.78. The van der Waals surface area contributed by atoms with Gasteiger partial charge in [-0.15, -0.1) is 0 Å². The Morgan fingerprint density at radius 1 is 1.36 bits per heavy atom. The second kappa shape index (κ2) is 6.31. The number of sulfonamides is 1. The molecule has 1 aliphatic heterocycles. The zero-order valence-electron chi connectivity index (χ0n) is 12.7. The topological polar surface area (TPSA) is 107 Å². The number of piperidine rings is 1. The molecular weight excluding hydrogens is 306 g/mol. The van der Waals surface area contributed by atoms with Crippen molar-refractivity contribution in [3.05, 3.63) is 33.9 Å². The second-order valence-electron chi connectivity index (χ2n) is 5.81. The highest BCUT2D eigenvalue weighted by Gasteiger charge is 2.31. The van der Waals surface area contributed by atoms with Gasteiger partial charge in [0.2, 0.25) is 10.0 Å². The van der Waals surface area contributed by atoms with E-state index in [1.807, 2.05) is 6.92 Å². The van der Waals surface area contributed by atoms with Gasteiger partial charge in [0.1, 0.15) is 0 Å². The van der Waals surface area contributed by atoms with Crippen molar-refractivity contribution in [1.29, 1.82) is 0 Å².